The van der Waals surface area contributed by atoms with Crippen LogP contribution in [-0.2, 0) is 4.74 Å². The Bertz CT molecular complexity index is 631. The van der Waals surface area contributed by atoms with Crippen LogP contribution in [0.2, 0.25) is 0 Å². The normalized spacial score (nSPS) is 26.2. The van der Waals surface area contributed by atoms with Crippen molar-refractivity contribution in [2.24, 2.45) is 0 Å². The fraction of sp³-hybridized carbons (Fsp3) is 0.545. The van der Waals surface area contributed by atoms with Crippen LogP contribution in [0.3, 0.4) is 0 Å². The van der Waals surface area contributed by atoms with Gasteiger partial charge in [-0.25, -0.2) is 4.98 Å². The smallest absolute Gasteiger partial charge is 0.317 e. The van der Waals surface area contributed by atoms with E-state index in [1.54, 1.807) is 11.6 Å². The van der Waals surface area contributed by atoms with Crippen molar-refractivity contribution in [3.8, 4) is 6.01 Å². The molecule has 0 spiro atoms. The van der Waals surface area contributed by atoms with Gasteiger partial charge < -0.3 is 25.4 Å². The van der Waals surface area contributed by atoms with E-state index in [0.717, 1.165) is 0 Å². The molecule has 1 aliphatic rings. The van der Waals surface area contributed by atoms with E-state index >= 15 is 0 Å². The van der Waals surface area contributed by atoms with Gasteiger partial charge in [-0.1, -0.05) is 0 Å². The predicted molar refractivity (Wildman–Crippen MR) is 68.2 cm³/mol. The quantitative estimate of drug-likeness (QED) is 0.577. The van der Waals surface area contributed by atoms with Gasteiger partial charge in [-0.2, -0.15) is 9.97 Å². The number of anilines is 1. The number of hydrogen-bond donors (Lipinski definition) is 4. The minimum Gasteiger partial charge on any atom is -0.479 e. The highest BCUT2D eigenvalue weighted by Crippen LogP contribution is 2.32. The van der Waals surface area contributed by atoms with Crippen LogP contribution in [0.1, 0.15) is 12.6 Å². The van der Waals surface area contributed by atoms with E-state index in [9.17, 15) is 10.2 Å². The highest BCUT2D eigenvalue weighted by Gasteiger charge is 2.35. The molecular weight excluding hydrogens is 266 g/mol. The fourth-order valence-corrected chi connectivity index (χ4v) is 2.34. The Balaban J connectivity index is 2.03. The first-order valence-corrected chi connectivity index (χ1v) is 6.19. The zero-order valence-electron chi connectivity index (χ0n) is 10.8. The van der Waals surface area contributed by atoms with Gasteiger partial charge in [0.1, 0.15) is 12.3 Å². The van der Waals surface area contributed by atoms with Crippen molar-refractivity contribution in [2.45, 2.75) is 24.9 Å². The Kier molecular flexibility index (Phi) is 3.16. The molecule has 0 aliphatic carbocycles. The topological polar surface area (TPSA) is 126 Å². The monoisotopic (exact) mass is 281 g/mol. The third-order valence-electron chi connectivity index (χ3n) is 3.34. The fourth-order valence-electron chi connectivity index (χ4n) is 2.34. The summed E-state index contributed by atoms with van der Waals surface area (Å²) in [5.74, 6) is 0.406. The number of nitrogens with zero attached hydrogens (tertiary/aromatic N) is 4. The average molecular weight is 281 g/mol. The first-order chi connectivity index (χ1) is 9.63. The second kappa shape index (κ2) is 4.85. The van der Waals surface area contributed by atoms with Gasteiger partial charge in [0.2, 0.25) is 0 Å². The van der Waals surface area contributed by atoms with Crippen LogP contribution in [0.15, 0.2) is 6.33 Å². The molecule has 4 N–H and O–H groups in total. The number of rotatable bonds is 3. The highest BCUT2D eigenvalue weighted by molar-refractivity contribution is 5.83. The number of hydrogen-bond acceptors (Lipinski definition) is 8. The SMILES string of the molecule is CNc1nc(O)nc2c1ncn2[C@H]1C[C@@H](O)[C@H](CO)O1. The minimum absolute atomic E-state index is 0.258. The number of nitrogens with one attached hydrogen (secondary N) is 1. The van der Waals surface area contributed by atoms with Gasteiger partial charge in [0, 0.05) is 13.5 Å². The summed E-state index contributed by atoms with van der Waals surface area (Å²) in [5.41, 5.74) is 0.897. The third kappa shape index (κ3) is 1.96. The molecule has 2 aromatic heterocycles. The van der Waals surface area contributed by atoms with Gasteiger partial charge in [-0.15, -0.1) is 0 Å². The molecule has 3 heterocycles. The summed E-state index contributed by atoms with van der Waals surface area (Å²) in [5, 5.41) is 31.2. The molecule has 1 aliphatic heterocycles. The number of aliphatic hydroxyl groups excluding tert-OH is 2. The van der Waals surface area contributed by atoms with Crippen LogP contribution in [0, 0.1) is 0 Å². The highest BCUT2D eigenvalue weighted by atomic mass is 16.5. The van der Waals surface area contributed by atoms with Gasteiger partial charge in [0.05, 0.1) is 19.0 Å². The Morgan fingerprint density at radius 2 is 2.30 bits per heavy atom. The van der Waals surface area contributed by atoms with Gasteiger partial charge >= 0.3 is 6.01 Å². The van der Waals surface area contributed by atoms with Crippen molar-refractivity contribution in [1.29, 1.82) is 0 Å². The van der Waals surface area contributed by atoms with Crippen LogP contribution in [0.25, 0.3) is 11.2 Å². The average Bonchev–Trinajstić information content (AvgIpc) is 3.00. The molecule has 0 saturated carbocycles. The Morgan fingerprint density at radius 1 is 1.50 bits per heavy atom. The lowest BCUT2D eigenvalue weighted by Crippen LogP contribution is -2.24. The standard InChI is InChI=1S/C11H15N5O4/c1-12-9-8-10(15-11(19)14-9)16(4-13-8)7-2-5(18)6(3-17)20-7/h4-7,17-18H,2-3H2,1H3,(H2,12,14,15,19)/t5-,6+,7-/m1/s1. The predicted octanol–water partition coefficient (Wildman–Crippen LogP) is -0.786. The molecule has 9 nitrogen and oxygen atoms in total. The molecule has 0 radical (unpaired) electrons. The van der Waals surface area contributed by atoms with E-state index < -0.39 is 18.4 Å². The molecule has 20 heavy (non-hydrogen) atoms. The summed E-state index contributed by atoms with van der Waals surface area (Å²) in [7, 11) is 1.66. The molecule has 0 unspecified atom stereocenters. The van der Waals surface area contributed by atoms with Crippen molar-refractivity contribution >= 4 is 17.0 Å². The Hall–Kier alpha value is -1.97. The number of aromatic nitrogens is 4. The van der Waals surface area contributed by atoms with Gasteiger partial charge in [0.15, 0.2) is 17.0 Å². The molecule has 1 fully saturated rings. The second-order valence-corrected chi connectivity index (χ2v) is 4.56. The summed E-state index contributed by atoms with van der Waals surface area (Å²) in [6.45, 7) is -0.258. The third-order valence-corrected chi connectivity index (χ3v) is 3.34. The Labute approximate surface area is 113 Å². The van der Waals surface area contributed by atoms with Crippen molar-refractivity contribution in [1.82, 2.24) is 19.5 Å². The summed E-state index contributed by atoms with van der Waals surface area (Å²) >= 11 is 0. The van der Waals surface area contributed by atoms with Crippen LogP contribution in [-0.4, -0.2) is 60.7 Å². The molecule has 1 saturated heterocycles. The maximum Gasteiger partial charge on any atom is 0.317 e. The van der Waals surface area contributed by atoms with Crippen LogP contribution < -0.4 is 5.32 Å². The number of fused-ring (bicyclic) bond motifs is 1. The van der Waals surface area contributed by atoms with E-state index in [1.165, 1.54) is 6.33 Å². The van der Waals surface area contributed by atoms with Gasteiger partial charge in [-0.05, 0) is 0 Å². The molecule has 0 amide bonds. The maximum atomic E-state index is 9.77. The molecule has 3 rings (SSSR count). The molecule has 0 bridgehead atoms. The largest absolute Gasteiger partial charge is 0.479 e. The number of aliphatic hydroxyl groups is 2. The van der Waals surface area contributed by atoms with Gasteiger partial charge in [-0.3, -0.25) is 4.57 Å². The van der Waals surface area contributed by atoms with Crippen LogP contribution in [0.5, 0.6) is 6.01 Å². The molecule has 3 atom stereocenters. The minimum atomic E-state index is -0.748. The van der Waals surface area contributed by atoms with E-state index in [2.05, 4.69) is 20.3 Å². The first-order valence-electron chi connectivity index (χ1n) is 6.19. The van der Waals surface area contributed by atoms with Crippen LogP contribution in [0.4, 0.5) is 5.82 Å². The van der Waals surface area contributed by atoms with E-state index in [-0.39, 0.29) is 12.6 Å². The van der Waals surface area contributed by atoms with E-state index in [0.29, 0.717) is 23.4 Å². The summed E-state index contributed by atoms with van der Waals surface area (Å²) in [4.78, 5) is 12.0. The molecule has 0 aromatic carbocycles. The lowest BCUT2D eigenvalue weighted by atomic mass is 10.2. The molecule has 2 aromatic rings. The zero-order chi connectivity index (χ0) is 14.3. The number of aromatic hydroxyl groups is 1. The zero-order valence-corrected chi connectivity index (χ0v) is 10.8. The number of ether oxygens (including phenoxy) is 1. The summed E-state index contributed by atoms with van der Waals surface area (Å²) < 4.78 is 7.16. The molecule has 9 heteroatoms. The van der Waals surface area contributed by atoms with Crippen molar-refractivity contribution in [3.05, 3.63) is 6.33 Å². The second-order valence-electron chi connectivity index (χ2n) is 4.56. The lowest BCUT2D eigenvalue weighted by Gasteiger charge is -2.13. The lowest BCUT2D eigenvalue weighted by molar-refractivity contribution is -0.0432. The van der Waals surface area contributed by atoms with Crippen molar-refractivity contribution in [2.75, 3.05) is 19.0 Å². The van der Waals surface area contributed by atoms with Crippen molar-refractivity contribution < 1.29 is 20.1 Å². The van der Waals surface area contributed by atoms with E-state index in [4.69, 9.17) is 9.84 Å². The van der Waals surface area contributed by atoms with Crippen molar-refractivity contribution in [3.63, 3.8) is 0 Å². The number of imidazole rings is 1. The Morgan fingerprint density at radius 3 is 2.95 bits per heavy atom. The first kappa shape index (κ1) is 13.0. The molecule has 108 valence electrons. The summed E-state index contributed by atoms with van der Waals surface area (Å²) in [6.07, 6.45) is -0.0444. The maximum absolute atomic E-state index is 9.77. The van der Waals surface area contributed by atoms with E-state index in [1.807, 2.05) is 0 Å². The van der Waals surface area contributed by atoms with Crippen LogP contribution >= 0.6 is 0 Å². The van der Waals surface area contributed by atoms with Gasteiger partial charge in [0.25, 0.3) is 0 Å². The molecular formula is C11H15N5O4. The summed E-state index contributed by atoms with van der Waals surface area (Å²) in [6, 6.07) is -0.374.